The Morgan fingerprint density at radius 1 is 0.600 bits per heavy atom. The van der Waals surface area contributed by atoms with Gasteiger partial charge in [0.1, 0.15) is 41.8 Å². The molecule has 0 unspecified atom stereocenters. The van der Waals surface area contributed by atoms with E-state index < -0.39 is 41.7 Å². The van der Waals surface area contributed by atoms with E-state index >= 15 is 0 Å². The first kappa shape index (κ1) is 73.2. The average molecular weight is 823 g/mol. The van der Waals surface area contributed by atoms with E-state index in [0.29, 0.717) is 12.2 Å². The van der Waals surface area contributed by atoms with Gasteiger partial charge in [0.25, 0.3) is 0 Å². The van der Waals surface area contributed by atoms with Gasteiger partial charge < -0.3 is 29.3 Å². The number of rotatable bonds is 13. The third-order valence-electron chi connectivity index (χ3n) is 5.45. The predicted octanol–water partition coefficient (Wildman–Crippen LogP) is 6.30. The van der Waals surface area contributed by atoms with E-state index in [1.54, 1.807) is 46.4 Å². The third-order valence-corrected chi connectivity index (χ3v) is 6.15. The number of ketones is 9. The Labute approximate surface area is 334 Å². The van der Waals surface area contributed by atoms with E-state index in [1.807, 2.05) is 20.1 Å². The van der Waals surface area contributed by atoms with E-state index in [1.165, 1.54) is 83.5 Å². The fourth-order valence-corrected chi connectivity index (χ4v) is 1.31. The second kappa shape index (κ2) is 51.1. The molecule has 0 rings (SSSR count). The first-order valence-corrected chi connectivity index (χ1v) is 18.7. The van der Waals surface area contributed by atoms with Crippen molar-refractivity contribution in [1.29, 1.82) is 0 Å². The van der Waals surface area contributed by atoms with Crippen molar-refractivity contribution in [1.82, 2.24) is 0 Å². The summed E-state index contributed by atoms with van der Waals surface area (Å²) < 4.78 is 32.3. The zero-order valence-corrected chi connectivity index (χ0v) is 38.2. The van der Waals surface area contributed by atoms with Crippen LogP contribution in [0.4, 0.5) is 8.78 Å². The van der Waals surface area contributed by atoms with E-state index in [9.17, 15) is 51.9 Å². The summed E-state index contributed by atoms with van der Waals surface area (Å²) >= 11 is 1.56. The molecule has 0 aliphatic carbocycles. The van der Waals surface area contributed by atoms with Crippen LogP contribution in [0.15, 0.2) is 0 Å². The molecule has 0 bridgehead atoms. The van der Waals surface area contributed by atoms with Crippen molar-refractivity contribution in [3.8, 4) is 0 Å². The van der Waals surface area contributed by atoms with Crippen LogP contribution < -0.4 is 0 Å². The molecule has 0 saturated carbocycles. The molecule has 4 atom stereocenters. The fourth-order valence-electron chi connectivity index (χ4n) is 0.902. The maximum absolute atomic E-state index is 11.5. The summed E-state index contributed by atoms with van der Waals surface area (Å²) in [6.45, 7) is 25.9. The number of Topliss-reactive ketones (excluding diaryl/α,β-unsaturated/α-hetero) is 9. The lowest BCUT2D eigenvalue weighted by atomic mass is 10.1. The van der Waals surface area contributed by atoms with Gasteiger partial charge in [0.2, 0.25) is 0 Å². The zero-order chi connectivity index (χ0) is 46.7. The van der Waals surface area contributed by atoms with Gasteiger partial charge in [0, 0.05) is 27.1 Å². The number of aliphatic hydroxyl groups is 2. The number of hydrogen-bond acceptors (Lipinski definition) is 14. The molecule has 330 valence electrons. The SMILES string of the molecule is CC(=O)[C@@H](C)F.CC(=O)[C@@H](C)O.CC(=O)[C@H](C)F.CC(=O)[C@H](C)O.CCC(C)=O.CCCC(C)=O.COC(C)(C)C(C)=O.COCC(C)=O.CSCC(C)=O. The minimum Gasteiger partial charge on any atom is -0.386 e. The Bertz CT molecular complexity index is 915. The number of methoxy groups -OCH3 is 2. The van der Waals surface area contributed by atoms with Crippen molar-refractivity contribution >= 4 is 63.8 Å². The summed E-state index contributed by atoms with van der Waals surface area (Å²) in [7, 11) is 3.03. The summed E-state index contributed by atoms with van der Waals surface area (Å²) in [4.78, 5) is 89.7. The molecule has 0 radical (unpaired) electrons. The van der Waals surface area contributed by atoms with Gasteiger partial charge in [-0.05, 0) is 117 Å². The number of aliphatic hydroxyl groups excluding tert-OH is 2. The van der Waals surface area contributed by atoms with E-state index in [-0.39, 0.29) is 47.1 Å². The molecule has 0 aromatic rings. The maximum Gasteiger partial charge on any atom is 0.163 e. The highest BCUT2D eigenvalue weighted by Gasteiger charge is 2.21. The first-order valence-electron chi connectivity index (χ1n) is 17.3. The Hall–Kier alpha value is -2.92. The summed E-state index contributed by atoms with van der Waals surface area (Å²) in [5, 5.41) is 16.6. The van der Waals surface area contributed by atoms with Gasteiger partial charge in [0.15, 0.2) is 47.0 Å². The second-order valence-electron chi connectivity index (χ2n) is 12.1. The smallest absolute Gasteiger partial charge is 0.163 e. The van der Waals surface area contributed by atoms with E-state index in [2.05, 4.69) is 4.74 Å². The number of thioether (sulfide) groups is 1. The van der Waals surface area contributed by atoms with Crippen LogP contribution in [0.3, 0.4) is 0 Å². The van der Waals surface area contributed by atoms with Gasteiger partial charge in [-0.3, -0.25) is 33.6 Å². The molecular formula is C39H76F2O13S. The largest absolute Gasteiger partial charge is 0.386 e. The van der Waals surface area contributed by atoms with Crippen LogP contribution in [0.25, 0.3) is 0 Å². The molecule has 16 heteroatoms. The van der Waals surface area contributed by atoms with Gasteiger partial charge in [-0.2, -0.15) is 11.8 Å². The summed E-state index contributed by atoms with van der Waals surface area (Å²) in [5.74, 6) is 0.387. The molecule has 0 saturated heterocycles. The quantitative estimate of drug-likeness (QED) is 0.209. The third kappa shape index (κ3) is 112. The average Bonchev–Trinajstić information content (AvgIpc) is 3.03. The first-order chi connectivity index (χ1) is 24.7. The van der Waals surface area contributed by atoms with E-state index in [0.717, 1.165) is 12.8 Å². The van der Waals surface area contributed by atoms with Crippen molar-refractivity contribution < 1.29 is 71.6 Å². The van der Waals surface area contributed by atoms with Crippen LogP contribution in [-0.4, -0.2) is 125 Å². The van der Waals surface area contributed by atoms with Gasteiger partial charge in [-0.15, -0.1) is 0 Å². The highest BCUT2D eigenvalue weighted by atomic mass is 32.2. The Morgan fingerprint density at radius 3 is 0.873 bits per heavy atom. The summed E-state index contributed by atoms with van der Waals surface area (Å²) in [5.41, 5.74) is -0.597. The topological polar surface area (TPSA) is 213 Å². The van der Waals surface area contributed by atoms with Crippen LogP contribution in [0.5, 0.6) is 0 Å². The zero-order valence-electron chi connectivity index (χ0n) is 37.4. The highest BCUT2D eigenvalue weighted by Crippen LogP contribution is 2.06. The van der Waals surface area contributed by atoms with Crippen LogP contribution in [0.2, 0.25) is 0 Å². The van der Waals surface area contributed by atoms with Gasteiger partial charge in [-0.25, -0.2) is 8.78 Å². The van der Waals surface area contributed by atoms with Gasteiger partial charge in [0.05, 0.1) is 5.75 Å². The Balaban J connectivity index is -0.0000000620. The molecule has 0 aliphatic heterocycles. The van der Waals surface area contributed by atoms with Crippen LogP contribution in [-0.2, 0) is 52.6 Å². The number of halogens is 2. The highest BCUT2D eigenvalue weighted by molar-refractivity contribution is 7.99. The molecule has 0 fully saturated rings. The molecule has 0 aromatic carbocycles. The number of carbonyl (C=O) groups is 9. The molecule has 0 spiro atoms. The van der Waals surface area contributed by atoms with Crippen LogP contribution >= 0.6 is 11.8 Å². The van der Waals surface area contributed by atoms with Crippen molar-refractivity contribution in [3.05, 3.63) is 0 Å². The molecule has 0 aliphatic rings. The molecule has 2 N–H and O–H groups in total. The lowest BCUT2D eigenvalue weighted by molar-refractivity contribution is -0.134. The minimum atomic E-state index is -1.29. The summed E-state index contributed by atoms with van der Waals surface area (Å²) in [6.07, 6.45) is 0.154. The van der Waals surface area contributed by atoms with Crippen molar-refractivity contribution in [3.63, 3.8) is 0 Å². The van der Waals surface area contributed by atoms with Crippen molar-refractivity contribution in [2.75, 3.05) is 32.8 Å². The molecule has 13 nitrogen and oxygen atoms in total. The number of alkyl halides is 2. The number of ether oxygens (including phenoxy) is 2. The normalized spacial score (nSPS) is 11.1. The lowest BCUT2D eigenvalue weighted by Gasteiger charge is -2.17. The molecule has 0 aromatic heterocycles. The molecule has 55 heavy (non-hydrogen) atoms. The molecule has 0 heterocycles. The second-order valence-corrected chi connectivity index (χ2v) is 12.9. The number of hydrogen-bond donors (Lipinski definition) is 2. The standard InChI is InChI=1S/C6H12O2.C5H10O.2C4H7FO.3C4H8O2.C4H8OS.C4H8O/c1-5(7)6(2,3)8-4;1-3-4-5(2)6;2*1-3(5)4(2)6;1-4(5)3-6-2;2*1-3(5)4(2)6;1-4(5)3-6-2;1-3-4(2)5/h1-4H3;3-4H2,1-2H3;2*3H,1-2H3;3H2,1-2H3;2*3,5H,1-2H3;3H2,1-2H3;3H2,1-2H3/t;;2*3-;;2*3-;;/m..10.10../s1. The fraction of sp³-hybridized carbons (Fsp3) is 0.769. The maximum atomic E-state index is 11.5. The summed E-state index contributed by atoms with van der Waals surface area (Å²) in [6, 6.07) is 0. The molecule has 0 amide bonds. The van der Waals surface area contributed by atoms with Crippen LogP contribution in [0, 0.1) is 0 Å². The number of carbonyl (C=O) groups excluding carboxylic acids is 9. The van der Waals surface area contributed by atoms with Crippen molar-refractivity contribution in [2.24, 2.45) is 0 Å². The van der Waals surface area contributed by atoms with Gasteiger partial charge in [-0.1, -0.05) is 13.8 Å². The van der Waals surface area contributed by atoms with E-state index in [4.69, 9.17) is 14.9 Å². The van der Waals surface area contributed by atoms with Gasteiger partial charge >= 0.3 is 0 Å². The van der Waals surface area contributed by atoms with Crippen molar-refractivity contribution in [2.45, 2.75) is 167 Å². The lowest BCUT2D eigenvalue weighted by Crippen LogP contribution is -2.31. The molecular weight excluding hydrogens is 746 g/mol. The minimum absolute atomic E-state index is 0.0556. The van der Waals surface area contributed by atoms with Crippen LogP contribution in [0.1, 0.15) is 137 Å². The Morgan fingerprint density at radius 2 is 0.873 bits per heavy atom. The Kier molecular flexibility index (Phi) is 68.0. The predicted molar refractivity (Wildman–Crippen MR) is 217 cm³/mol. The monoisotopic (exact) mass is 822 g/mol.